The Balaban J connectivity index is 1.67. The SMILES string of the molecule is C=CCOC[C@@H](O)CN(Cc1c(CC)nn(-c2ccccc2)c1Oc1cccc(OC)c1)CC1CC1. The van der Waals surface area contributed by atoms with Gasteiger partial charge in [0.2, 0.25) is 5.88 Å². The van der Waals surface area contributed by atoms with Crippen LogP contribution in [0.3, 0.4) is 0 Å². The molecule has 2 aromatic carbocycles. The molecule has 0 unspecified atom stereocenters. The molecule has 1 aliphatic carbocycles. The average molecular weight is 492 g/mol. The molecule has 7 nitrogen and oxygen atoms in total. The van der Waals surface area contributed by atoms with Crippen LogP contribution < -0.4 is 9.47 Å². The molecule has 192 valence electrons. The monoisotopic (exact) mass is 491 g/mol. The van der Waals surface area contributed by atoms with Gasteiger partial charge < -0.3 is 19.3 Å². The third kappa shape index (κ3) is 6.97. The topological polar surface area (TPSA) is 69.0 Å². The second-order valence-corrected chi connectivity index (χ2v) is 9.23. The zero-order chi connectivity index (χ0) is 25.3. The number of methoxy groups -OCH3 is 1. The predicted octanol–water partition coefficient (Wildman–Crippen LogP) is 5.01. The normalized spacial score (nSPS) is 14.1. The molecular weight excluding hydrogens is 454 g/mol. The lowest BCUT2D eigenvalue weighted by molar-refractivity contribution is 0.0235. The fraction of sp³-hybridized carbons (Fsp3) is 0.414. The summed E-state index contributed by atoms with van der Waals surface area (Å²) in [6.45, 7) is 8.58. The lowest BCUT2D eigenvalue weighted by Crippen LogP contribution is -2.36. The Kier molecular flexibility index (Phi) is 9.17. The number of aryl methyl sites for hydroxylation is 1. The lowest BCUT2D eigenvalue weighted by atomic mass is 10.1. The summed E-state index contributed by atoms with van der Waals surface area (Å²) < 4.78 is 19.3. The number of para-hydroxylation sites is 1. The largest absolute Gasteiger partial charge is 0.497 e. The Morgan fingerprint density at radius 1 is 1.17 bits per heavy atom. The minimum absolute atomic E-state index is 0.282. The Morgan fingerprint density at radius 2 is 1.94 bits per heavy atom. The molecule has 0 amide bonds. The van der Waals surface area contributed by atoms with E-state index in [1.54, 1.807) is 13.2 Å². The highest BCUT2D eigenvalue weighted by Gasteiger charge is 2.28. The molecule has 1 saturated carbocycles. The van der Waals surface area contributed by atoms with Crippen LogP contribution in [-0.4, -0.2) is 59.3 Å². The van der Waals surface area contributed by atoms with Gasteiger partial charge in [0.1, 0.15) is 11.5 Å². The van der Waals surface area contributed by atoms with E-state index in [4.69, 9.17) is 19.3 Å². The zero-order valence-corrected chi connectivity index (χ0v) is 21.3. The van der Waals surface area contributed by atoms with E-state index in [1.165, 1.54) is 12.8 Å². The van der Waals surface area contributed by atoms with Gasteiger partial charge >= 0.3 is 0 Å². The molecule has 0 spiro atoms. The van der Waals surface area contributed by atoms with Gasteiger partial charge in [-0.25, -0.2) is 4.68 Å². The van der Waals surface area contributed by atoms with Crippen LogP contribution in [0.2, 0.25) is 0 Å². The van der Waals surface area contributed by atoms with Gasteiger partial charge in [0.15, 0.2) is 0 Å². The summed E-state index contributed by atoms with van der Waals surface area (Å²) in [5.41, 5.74) is 2.95. The van der Waals surface area contributed by atoms with Crippen LogP contribution in [0.15, 0.2) is 67.3 Å². The number of nitrogens with zero attached hydrogens (tertiary/aromatic N) is 3. The van der Waals surface area contributed by atoms with E-state index in [-0.39, 0.29) is 6.61 Å². The van der Waals surface area contributed by atoms with Crippen molar-refractivity contribution in [2.24, 2.45) is 5.92 Å². The van der Waals surface area contributed by atoms with Crippen LogP contribution in [0.1, 0.15) is 31.0 Å². The Bertz CT molecular complexity index is 1110. The summed E-state index contributed by atoms with van der Waals surface area (Å²) >= 11 is 0. The maximum absolute atomic E-state index is 10.7. The molecule has 1 N–H and O–H groups in total. The zero-order valence-electron chi connectivity index (χ0n) is 21.3. The highest BCUT2D eigenvalue weighted by molar-refractivity contribution is 5.44. The minimum atomic E-state index is -0.583. The van der Waals surface area contributed by atoms with E-state index in [9.17, 15) is 5.11 Å². The van der Waals surface area contributed by atoms with E-state index >= 15 is 0 Å². The number of aliphatic hydroxyl groups excluding tert-OH is 1. The number of rotatable bonds is 15. The number of hydrogen-bond acceptors (Lipinski definition) is 6. The predicted molar refractivity (Wildman–Crippen MR) is 141 cm³/mol. The van der Waals surface area contributed by atoms with Crippen LogP contribution in [0.5, 0.6) is 17.4 Å². The Morgan fingerprint density at radius 3 is 2.64 bits per heavy atom. The van der Waals surface area contributed by atoms with Gasteiger partial charge in [0.25, 0.3) is 0 Å². The van der Waals surface area contributed by atoms with Crippen molar-refractivity contribution in [1.29, 1.82) is 0 Å². The summed E-state index contributed by atoms with van der Waals surface area (Å²) in [6, 6.07) is 17.6. The lowest BCUT2D eigenvalue weighted by Gasteiger charge is -2.25. The fourth-order valence-corrected chi connectivity index (χ4v) is 4.28. The standard InChI is InChI=1S/C29H37N3O4/c1-4-16-35-21-24(33)19-31(18-22-14-15-22)20-27-28(5-2)30-32(23-10-7-6-8-11-23)29(27)36-26-13-9-12-25(17-26)34-3/h4,6-13,17,22,24,33H,1,5,14-16,18-21H2,2-3H3/t24-/m0/s1. The van der Waals surface area contributed by atoms with Crippen molar-refractivity contribution in [3.05, 3.63) is 78.5 Å². The van der Waals surface area contributed by atoms with Crippen LogP contribution in [0, 0.1) is 5.92 Å². The van der Waals surface area contributed by atoms with E-state index in [0.717, 1.165) is 35.7 Å². The minimum Gasteiger partial charge on any atom is -0.497 e. The second-order valence-electron chi connectivity index (χ2n) is 9.23. The summed E-state index contributed by atoms with van der Waals surface area (Å²) in [6.07, 6.45) is 4.35. The molecule has 1 atom stereocenters. The van der Waals surface area contributed by atoms with Gasteiger partial charge in [0.05, 0.1) is 43.4 Å². The Hall–Kier alpha value is -3.13. The molecule has 1 aromatic heterocycles. The van der Waals surface area contributed by atoms with E-state index in [1.807, 2.05) is 59.3 Å². The molecule has 0 saturated heterocycles. The van der Waals surface area contributed by atoms with Gasteiger partial charge in [-0.05, 0) is 49.4 Å². The average Bonchev–Trinajstić information content (AvgIpc) is 3.65. The molecular formula is C29H37N3O4. The number of hydrogen-bond donors (Lipinski definition) is 1. The summed E-state index contributed by atoms with van der Waals surface area (Å²) in [7, 11) is 1.65. The van der Waals surface area contributed by atoms with Gasteiger partial charge in [-0.3, -0.25) is 4.90 Å². The van der Waals surface area contributed by atoms with Gasteiger partial charge in [0, 0.05) is 25.7 Å². The van der Waals surface area contributed by atoms with E-state index in [2.05, 4.69) is 18.4 Å². The van der Waals surface area contributed by atoms with Crippen molar-refractivity contribution >= 4 is 0 Å². The number of aliphatic hydroxyl groups is 1. The highest BCUT2D eigenvalue weighted by Crippen LogP contribution is 2.35. The number of ether oxygens (including phenoxy) is 3. The van der Waals surface area contributed by atoms with Crippen molar-refractivity contribution in [2.45, 2.75) is 38.8 Å². The van der Waals surface area contributed by atoms with Gasteiger partial charge in [-0.1, -0.05) is 37.3 Å². The first-order chi connectivity index (χ1) is 17.6. The summed E-state index contributed by atoms with van der Waals surface area (Å²) in [4.78, 5) is 2.31. The maximum Gasteiger partial charge on any atom is 0.227 e. The van der Waals surface area contributed by atoms with Crippen molar-refractivity contribution < 1.29 is 19.3 Å². The number of benzene rings is 2. The molecule has 36 heavy (non-hydrogen) atoms. The molecule has 4 rings (SSSR count). The second kappa shape index (κ2) is 12.7. The molecule has 1 aliphatic rings. The fourth-order valence-electron chi connectivity index (χ4n) is 4.28. The van der Waals surface area contributed by atoms with Crippen molar-refractivity contribution in [3.8, 4) is 23.1 Å². The molecule has 7 heteroatoms. The summed E-state index contributed by atoms with van der Waals surface area (Å²) in [5.74, 6) is 2.77. The van der Waals surface area contributed by atoms with Gasteiger partial charge in [-0.2, -0.15) is 5.10 Å². The van der Waals surface area contributed by atoms with Gasteiger partial charge in [-0.15, -0.1) is 6.58 Å². The van der Waals surface area contributed by atoms with Crippen LogP contribution in [0.4, 0.5) is 0 Å². The molecule has 0 bridgehead atoms. The van der Waals surface area contributed by atoms with Crippen molar-refractivity contribution in [2.75, 3.05) is 33.4 Å². The third-order valence-corrected chi connectivity index (χ3v) is 6.22. The van der Waals surface area contributed by atoms with E-state index in [0.29, 0.717) is 37.2 Å². The number of aromatic nitrogens is 2. The van der Waals surface area contributed by atoms with Crippen molar-refractivity contribution in [1.82, 2.24) is 14.7 Å². The van der Waals surface area contributed by atoms with E-state index < -0.39 is 6.10 Å². The summed E-state index contributed by atoms with van der Waals surface area (Å²) in [5, 5.41) is 15.6. The third-order valence-electron chi connectivity index (χ3n) is 6.22. The van der Waals surface area contributed by atoms with Crippen LogP contribution >= 0.6 is 0 Å². The molecule has 1 fully saturated rings. The van der Waals surface area contributed by atoms with Crippen molar-refractivity contribution in [3.63, 3.8) is 0 Å². The maximum atomic E-state index is 10.7. The molecule has 0 aliphatic heterocycles. The first-order valence-electron chi connectivity index (χ1n) is 12.7. The highest BCUT2D eigenvalue weighted by atomic mass is 16.5. The quantitative estimate of drug-likeness (QED) is 0.238. The Labute approximate surface area is 213 Å². The first kappa shape index (κ1) is 25.9. The molecule has 0 radical (unpaired) electrons. The molecule has 1 heterocycles. The molecule has 3 aromatic rings. The smallest absolute Gasteiger partial charge is 0.227 e. The first-order valence-corrected chi connectivity index (χ1v) is 12.7. The van der Waals surface area contributed by atoms with Crippen LogP contribution in [0.25, 0.3) is 5.69 Å². The van der Waals surface area contributed by atoms with Crippen LogP contribution in [-0.2, 0) is 17.7 Å².